The number of rotatable bonds is 5. The Morgan fingerprint density at radius 2 is 1.96 bits per heavy atom. The van der Waals surface area contributed by atoms with Crippen molar-refractivity contribution in [1.82, 2.24) is 14.2 Å². The molecule has 0 aliphatic carbocycles. The molecule has 1 aromatic heterocycles. The van der Waals surface area contributed by atoms with Crippen LogP contribution in [-0.2, 0) is 28.4 Å². The fourth-order valence-corrected chi connectivity index (χ4v) is 4.22. The van der Waals surface area contributed by atoms with Gasteiger partial charge in [-0.2, -0.15) is 4.31 Å². The Bertz CT molecular complexity index is 904. The molecule has 0 spiro atoms. The molecule has 1 aliphatic rings. The van der Waals surface area contributed by atoms with Crippen molar-refractivity contribution in [2.75, 3.05) is 26.3 Å². The van der Waals surface area contributed by atoms with Gasteiger partial charge in [-0.05, 0) is 12.1 Å². The van der Waals surface area contributed by atoms with E-state index < -0.39 is 21.7 Å². The Balaban J connectivity index is 1.75. The molecule has 140 valence electrons. The van der Waals surface area contributed by atoms with E-state index in [-0.39, 0.29) is 30.2 Å². The van der Waals surface area contributed by atoms with Crippen molar-refractivity contribution in [3.63, 3.8) is 0 Å². The van der Waals surface area contributed by atoms with E-state index in [1.54, 1.807) is 25.2 Å². The lowest BCUT2D eigenvalue weighted by Gasteiger charge is -2.25. The summed E-state index contributed by atoms with van der Waals surface area (Å²) in [6.45, 7) is 1.28. The van der Waals surface area contributed by atoms with Crippen molar-refractivity contribution in [2.24, 2.45) is 7.05 Å². The number of hydrogen-bond acceptors (Lipinski definition) is 4. The molecule has 0 atom stereocenters. The number of benzene rings is 1. The van der Waals surface area contributed by atoms with Crippen molar-refractivity contribution >= 4 is 15.9 Å². The molecule has 3 rings (SSSR count). The van der Waals surface area contributed by atoms with Gasteiger partial charge in [0.15, 0.2) is 0 Å². The van der Waals surface area contributed by atoms with E-state index in [0.717, 1.165) is 0 Å². The quantitative estimate of drug-likeness (QED) is 0.842. The second-order valence-electron chi connectivity index (χ2n) is 5.96. The van der Waals surface area contributed by atoms with Crippen LogP contribution in [0.1, 0.15) is 16.1 Å². The van der Waals surface area contributed by atoms with E-state index in [1.165, 1.54) is 27.2 Å². The molecule has 7 nitrogen and oxygen atoms in total. The van der Waals surface area contributed by atoms with Crippen molar-refractivity contribution in [2.45, 2.75) is 11.4 Å². The smallest absolute Gasteiger partial charge is 0.268 e. The van der Waals surface area contributed by atoms with Gasteiger partial charge >= 0.3 is 0 Å². The first kappa shape index (κ1) is 18.6. The van der Waals surface area contributed by atoms with E-state index in [4.69, 9.17) is 4.74 Å². The molecule has 0 unspecified atom stereocenters. The lowest BCUT2D eigenvalue weighted by molar-refractivity contribution is 0.0730. The summed E-state index contributed by atoms with van der Waals surface area (Å²) in [4.78, 5) is 12.4. The molecular weight excluding hydrogens is 361 g/mol. The highest BCUT2D eigenvalue weighted by molar-refractivity contribution is 7.89. The van der Waals surface area contributed by atoms with Gasteiger partial charge in [-0.15, -0.1) is 0 Å². The molecule has 2 heterocycles. The molecule has 1 aromatic carbocycles. The maximum Gasteiger partial charge on any atom is 0.268 e. The number of sulfonamides is 1. The minimum absolute atomic E-state index is 0.0161. The van der Waals surface area contributed by atoms with Crippen molar-refractivity contribution < 1.29 is 22.3 Å². The Labute approximate surface area is 151 Å². The number of aryl methyl sites for hydroxylation is 1. The lowest BCUT2D eigenvalue weighted by atomic mass is 10.2. The van der Waals surface area contributed by atoms with Crippen LogP contribution in [-0.4, -0.2) is 49.5 Å². The Morgan fingerprint density at radius 1 is 1.27 bits per heavy atom. The van der Waals surface area contributed by atoms with Crippen LogP contribution in [0.3, 0.4) is 0 Å². The molecular formula is C17H20FN3O4S. The van der Waals surface area contributed by atoms with Gasteiger partial charge in [0.1, 0.15) is 16.4 Å². The van der Waals surface area contributed by atoms with Gasteiger partial charge in [0.05, 0.1) is 13.2 Å². The van der Waals surface area contributed by atoms with Gasteiger partial charge in [0.25, 0.3) is 5.91 Å². The van der Waals surface area contributed by atoms with Gasteiger partial charge in [-0.3, -0.25) is 4.79 Å². The maximum absolute atomic E-state index is 13.6. The van der Waals surface area contributed by atoms with E-state index >= 15 is 0 Å². The molecule has 1 aliphatic heterocycles. The van der Waals surface area contributed by atoms with E-state index in [0.29, 0.717) is 18.8 Å². The molecule has 1 N–H and O–H groups in total. The number of carbonyl (C=O) groups excluding carboxylic acids is 1. The second kappa shape index (κ2) is 7.56. The molecule has 26 heavy (non-hydrogen) atoms. The predicted octanol–water partition coefficient (Wildman–Crippen LogP) is 1.12. The van der Waals surface area contributed by atoms with Crippen LogP contribution in [0, 0.1) is 5.82 Å². The first-order valence-corrected chi connectivity index (χ1v) is 9.59. The van der Waals surface area contributed by atoms with Crippen LogP contribution in [0.5, 0.6) is 0 Å². The summed E-state index contributed by atoms with van der Waals surface area (Å²) >= 11 is 0. The zero-order valence-corrected chi connectivity index (χ0v) is 15.1. The van der Waals surface area contributed by atoms with E-state index in [1.807, 2.05) is 0 Å². The summed E-state index contributed by atoms with van der Waals surface area (Å²) in [5.41, 5.74) is 0.546. The van der Waals surface area contributed by atoms with E-state index in [2.05, 4.69) is 5.32 Å². The molecule has 1 fully saturated rings. The molecule has 0 saturated carbocycles. The molecule has 2 aromatic rings. The van der Waals surface area contributed by atoms with Gasteiger partial charge < -0.3 is 14.6 Å². The SMILES string of the molecule is Cn1cc(S(=O)(=O)N2CCOCC2)cc1C(=O)NCc1ccccc1F. The second-order valence-corrected chi connectivity index (χ2v) is 7.90. The number of nitrogens with zero attached hydrogens (tertiary/aromatic N) is 2. The summed E-state index contributed by atoms with van der Waals surface area (Å²) in [7, 11) is -2.08. The fraction of sp³-hybridized carbons (Fsp3) is 0.353. The number of carbonyl (C=O) groups is 1. The van der Waals surface area contributed by atoms with Crippen molar-refractivity contribution in [1.29, 1.82) is 0 Å². The number of halogens is 1. The summed E-state index contributed by atoms with van der Waals surface area (Å²) in [5.74, 6) is -0.880. The Morgan fingerprint density at radius 3 is 2.65 bits per heavy atom. The average molecular weight is 381 g/mol. The van der Waals surface area contributed by atoms with Crippen molar-refractivity contribution in [3.05, 3.63) is 53.6 Å². The third-order valence-corrected chi connectivity index (χ3v) is 6.08. The minimum atomic E-state index is -3.68. The molecule has 0 bridgehead atoms. The van der Waals surface area contributed by atoms with Crippen LogP contribution >= 0.6 is 0 Å². The van der Waals surface area contributed by atoms with Crippen LogP contribution in [0.25, 0.3) is 0 Å². The normalized spacial score (nSPS) is 15.8. The molecule has 1 amide bonds. The lowest BCUT2D eigenvalue weighted by Crippen LogP contribution is -2.40. The average Bonchev–Trinajstić information content (AvgIpc) is 3.04. The molecule has 0 radical (unpaired) electrons. The maximum atomic E-state index is 13.6. The number of nitrogens with one attached hydrogen (secondary N) is 1. The minimum Gasteiger partial charge on any atom is -0.379 e. The topological polar surface area (TPSA) is 80.6 Å². The highest BCUT2D eigenvalue weighted by atomic mass is 32.2. The van der Waals surface area contributed by atoms with Crippen LogP contribution in [0.4, 0.5) is 4.39 Å². The monoisotopic (exact) mass is 381 g/mol. The summed E-state index contributed by atoms with van der Waals surface area (Å²) in [6, 6.07) is 7.48. The standard InChI is InChI=1S/C17H20FN3O4S/c1-20-12-14(26(23,24)21-6-8-25-9-7-21)10-16(20)17(22)19-11-13-4-2-3-5-15(13)18/h2-5,10,12H,6-9,11H2,1H3,(H,19,22). The van der Waals surface area contributed by atoms with Gasteiger partial charge in [0, 0.05) is 38.4 Å². The van der Waals surface area contributed by atoms with Gasteiger partial charge in [0.2, 0.25) is 10.0 Å². The third-order valence-electron chi connectivity index (χ3n) is 4.22. The van der Waals surface area contributed by atoms with E-state index in [9.17, 15) is 17.6 Å². The highest BCUT2D eigenvalue weighted by Gasteiger charge is 2.28. The van der Waals surface area contributed by atoms with Crippen LogP contribution in [0.15, 0.2) is 41.4 Å². The zero-order chi connectivity index (χ0) is 18.7. The first-order valence-electron chi connectivity index (χ1n) is 8.15. The summed E-state index contributed by atoms with van der Waals surface area (Å²) < 4.78 is 47.0. The number of morpholine rings is 1. The molecule has 9 heteroatoms. The van der Waals surface area contributed by atoms with Gasteiger partial charge in [-0.25, -0.2) is 12.8 Å². The predicted molar refractivity (Wildman–Crippen MR) is 92.6 cm³/mol. The van der Waals surface area contributed by atoms with Crippen LogP contribution < -0.4 is 5.32 Å². The van der Waals surface area contributed by atoms with Crippen LogP contribution in [0.2, 0.25) is 0 Å². The molecule has 1 saturated heterocycles. The highest BCUT2D eigenvalue weighted by Crippen LogP contribution is 2.19. The zero-order valence-electron chi connectivity index (χ0n) is 14.3. The summed E-state index contributed by atoms with van der Waals surface area (Å²) in [5, 5.41) is 2.61. The Kier molecular flexibility index (Phi) is 5.40. The fourth-order valence-electron chi connectivity index (χ4n) is 2.74. The first-order chi connectivity index (χ1) is 12.4. The number of hydrogen-bond donors (Lipinski definition) is 1. The third kappa shape index (κ3) is 3.79. The largest absolute Gasteiger partial charge is 0.379 e. The Hall–Kier alpha value is -2.23. The van der Waals surface area contributed by atoms with Gasteiger partial charge in [-0.1, -0.05) is 18.2 Å². The van der Waals surface area contributed by atoms with Crippen molar-refractivity contribution in [3.8, 4) is 0 Å². The summed E-state index contributed by atoms with van der Waals surface area (Å²) in [6.07, 6.45) is 1.41. The number of aromatic nitrogens is 1. The number of ether oxygens (including phenoxy) is 1. The number of amides is 1.